The average molecular weight is 222 g/mol. The van der Waals surface area contributed by atoms with Crippen molar-refractivity contribution in [3.05, 3.63) is 23.4 Å². The van der Waals surface area contributed by atoms with Gasteiger partial charge in [0.2, 0.25) is 0 Å². The second-order valence-corrected chi connectivity index (χ2v) is 3.00. The molecule has 0 bridgehead atoms. The highest BCUT2D eigenvalue weighted by Gasteiger charge is 2.16. The van der Waals surface area contributed by atoms with Gasteiger partial charge in [0.1, 0.15) is 6.61 Å². The Morgan fingerprint density at radius 2 is 2.38 bits per heavy atom. The fourth-order valence-corrected chi connectivity index (χ4v) is 1.08. The third-order valence-corrected chi connectivity index (χ3v) is 1.84. The second kappa shape index (κ2) is 5.56. The number of carbonyl (C=O) groups is 2. The van der Waals surface area contributed by atoms with Crippen LogP contribution in [0.1, 0.15) is 6.42 Å². The van der Waals surface area contributed by atoms with Gasteiger partial charge >= 0.3 is 11.9 Å². The largest absolute Gasteiger partial charge is 0.478 e. The van der Waals surface area contributed by atoms with Crippen LogP contribution in [0, 0.1) is 11.3 Å². The van der Waals surface area contributed by atoms with E-state index in [1.54, 1.807) is 0 Å². The lowest BCUT2D eigenvalue weighted by Crippen LogP contribution is -2.23. The molecular formula is C10H10N2O4. The van der Waals surface area contributed by atoms with Crippen LogP contribution in [0.25, 0.3) is 0 Å². The van der Waals surface area contributed by atoms with Crippen molar-refractivity contribution >= 4 is 11.9 Å². The smallest absolute Gasteiger partial charge is 0.339 e. The Kier molecular flexibility index (Phi) is 4.09. The molecular weight excluding hydrogens is 212 g/mol. The molecule has 6 nitrogen and oxygen atoms in total. The summed E-state index contributed by atoms with van der Waals surface area (Å²) in [5.41, 5.74) is 0.233. The maximum Gasteiger partial charge on any atom is 0.339 e. The fraction of sp³-hybridized carbons (Fsp3) is 0.300. The zero-order chi connectivity index (χ0) is 12.0. The molecule has 1 rings (SSSR count). The summed E-state index contributed by atoms with van der Waals surface area (Å²) in [6, 6.07) is 1.83. The van der Waals surface area contributed by atoms with Gasteiger partial charge in [-0.1, -0.05) is 0 Å². The van der Waals surface area contributed by atoms with E-state index in [-0.39, 0.29) is 30.7 Å². The minimum Gasteiger partial charge on any atom is -0.478 e. The number of carbonyl (C=O) groups excluding carboxylic acids is 1. The predicted molar refractivity (Wildman–Crippen MR) is 53.0 cm³/mol. The van der Waals surface area contributed by atoms with E-state index < -0.39 is 11.9 Å². The molecule has 0 aromatic rings. The number of nitriles is 1. The lowest BCUT2D eigenvalue weighted by Gasteiger charge is -2.11. The standard InChI is InChI=1S/C10H10N2O4/c11-2-1-3-16-10(15)8-4-7(9(13)14)5-12-6-8/h4,6,12H,1,3,5H2,(H,13,14). The van der Waals surface area contributed by atoms with Gasteiger partial charge in [-0.15, -0.1) is 0 Å². The number of dihydropyridines is 1. The minimum atomic E-state index is -1.08. The summed E-state index contributed by atoms with van der Waals surface area (Å²) in [7, 11) is 0. The molecule has 0 saturated heterocycles. The summed E-state index contributed by atoms with van der Waals surface area (Å²) in [4.78, 5) is 22.0. The van der Waals surface area contributed by atoms with E-state index in [9.17, 15) is 9.59 Å². The zero-order valence-electron chi connectivity index (χ0n) is 8.40. The van der Waals surface area contributed by atoms with E-state index in [4.69, 9.17) is 15.1 Å². The van der Waals surface area contributed by atoms with Crippen molar-refractivity contribution in [2.45, 2.75) is 6.42 Å². The molecule has 0 radical (unpaired) electrons. The van der Waals surface area contributed by atoms with Gasteiger partial charge in [0, 0.05) is 12.7 Å². The second-order valence-electron chi connectivity index (χ2n) is 3.00. The van der Waals surface area contributed by atoms with Crippen molar-refractivity contribution in [2.75, 3.05) is 13.2 Å². The quantitative estimate of drug-likeness (QED) is 0.510. The van der Waals surface area contributed by atoms with Crippen molar-refractivity contribution < 1.29 is 19.4 Å². The number of rotatable bonds is 4. The van der Waals surface area contributed by atoms with Gasteiger partial charge in [0.05, 0.1) is 23.6 Å². The van der Waals surface area contributed by atoms with E-state index in [1.807, 2.05) is 6.07 Å². The molecule has 2 N–H and O–H groups in total. The molecule has 84 valence electrons. The van der Waals surface area contributed by atoms with Gasteiger partial charge in [-0.05, 0) is 6.08 Å². The van der Waals surface area contributed by atoms with Crippen LogP contribution in [-0.4, -0.2) is 30.2 Å². The number of carboxylic acid groups (broad SMARTS) is 1. The Bertz CT molecular complexity index is 404. The van der Waals surface area contributed by atoms with Crippen LogP contribution in [0.3, 0.4) is 0 Å². The number of aliphatic carboxylic acids is 1. The molecule has 0 aromatic heterocycles. The number of carboxylic acids is 1. The highest BCUT2D eigenvalue weighted by atomic mass is 16.5. The molecule has 6 heteroatoms. The number of nitrogens with one attached hydrogen (secondary N) is 1. The van der Waals surface area contributed by atoms with Gasteiger partial charge in [-0.25, -0.2) is 9.59 Å². The fourth-order valence-electron chi connectivity index (χ4n) is 1.08. The molecule has 0 spiro atoms. The van der Waals surface area contributed by atoms with Crippen LogP contribution in [0.2, 0.25) is 0 Å². The number of hydrogen-bond acceptors (Lipinski definition) is 5. The summed E-state index contributed by atoms with van der Waals surface area (Å²) >= 11 is 0. The normalized spacial score (nSPS) is 13.9. The first-order valence-electron chi connectivity index (χ1n) is 4.56. The molecule has 1 heterocycles. The average Bonchev–Trinajstić information content (AvgIpc) is 2.29. The van der Waals surface area contributed by atoms with Gasteiger partial charge in [-0.2, -0.15) is 5.26 Å². The van der Waals surface area contributed by atoms with Crippen molar-refractivity contribution in [1.82, 2.24) is 5.32 Å². The third-order valence-electron chi connectivity index (χ3n) is 1.84. The Morgan fingerprint density at radius 1 is 1.62 bits per heavy atom. The lowest BCUT2D eigenvalue weighted by atomic mass is 10.1. The summed E-state index contributed by atoms with van der Waals surface area (Å²) in [6.45, 7) is 0.174. The Labute approximate surface area is 91.8 Å². The van der Waals surface area contributed by atoms with Gasteiger partial charge in [0.25, 0.3) is 0 Å². The molecule has 1 aliphatic rings. The van der Waals surface area contributed by atoms with Gasteiger partial charge < -0.3 is 15.2 Å². The van der Waals surface area contributed by atoms with E-state index in [2.05, 4.69) is 5.32 Å². The summed E-state index contributed by atoms with van der Waals surface area (Å²) in [5.74, 6) is -1.72. The maximum atomic E-state index is 11.4. The van der Waals surface area contributed by atoms with Gasteiger partial charge in [0.15, 0.2) is 0 Å². The number of hydrogen-bond donors (Lipinski definition) is 2. The first-order chi connectivity index (χ1) is 7.65. The van der Waals surface area contributed by atoms with Gasteiger partial charge in [-0.3, -0.25) is 0 Å². The minimum absolute atomic E-state index is 0.00289. The number of esters is 1. The molecule has 16 heavy (non-hydrogen) atoms. The molecule has 0 unspecified atom stereocenters. The monoisotopic (exact) mass is 222 g/mol. The van der Waals surface area contributed by atoms with E-state index in [1.165, 1.54) is 12.3 Å². The highest BCUT2D eigenvalue weighted by molar-refractivity contribution is 5.96. The van der Waals surface area contributed by atoms with E-state index in [0.29, 0.717) is 0 Å². The summed E-state index contributed by atoms with van der Waals surface area (Å²) < 4.78 is 4.74. The Morgan fingerprint density at radius 3 is 3.00 bits per heavy atom. The Balaban J connectivity index is 2.60. The van der Waals surface area contributed by atoms with E-state index >= 15 is 0 Å². The molecule has 0 fully saturated rings. The molecule has 0 amide bonds. The molecule has 0 saturated carbocycles. The van der Waals surface area contributed by atoms with Crippen molar-refractivity contribution in [3.63, 3.8) is 0 Å². The van der Waals surface area contributed by atoms with Crippen LogP contribution in [0.4, 0.5) is 0 Å². The van der Waals surface area contributed by atoms with Crippen molar-refractivity contribution in [3.8, 4) is 6.07 Å². The Hall–Kier alpha value is -2.29. The van der Waals surface area contributed by atoms with E-state index in [0.717, 1.165) is 0 Å². The van der Waals surface area contributed by atoms with Crippen LogP contribution in [0.5, 0.6) is 0 Å². The van der Waals surface area contributed by atoms with Crippen LogP contribution in [0.15, 0.2) is 23.4 Å². The number of ether oxygens (including phenoxy) is 1. The predicted octanol–water partition coefficient (Wildman–Crippen LogP) is -0.0586. The SMILES string of the molecule is N#CCCOC(=O)C1=CNCC(C(=O)O)=C1. The van der Waals surface area contributed by atoms with Crippen molar-refractivity contribution in [2.24, 2.45) is 0 Å². The first kappa shape index (κ1) is 11.8. The molecule has 0 atom stereocenters. The van der Waals surface area contributed by atoms with Crippen LogP contribution in [-0.2, 0) is 14.3 Å². The molecule has 0 aliphatic carbocycles. The zero-order valence-corrected chi connectivity index (χ0v) is 8.40. The molecule has 1 aliphatic heterocycles. The third kappa shape index (κ3) is 3.13. The first-order valence-corrected chi connectivity index (χ1v) is 4.56. The highest BCUT2D eigenvalue weighted by Crippen LogP contribution is 2.09. The topological polar surface area (TPSA) is 99.4 Å². The summed E-state index contributed by atoms with van der Waals surface area (Å²) in [6.07, 6.45) is 2.76. The lowest BCUT2D eigenvalue weighted by molar-refractivity contribution is -0.138. The van der Waals surface area contributed by atoms with Crippen LogP contribution >= 0.6 is 0 Å². The molecule has 0 aromatic carbocycles. The van der Waals surface area contributed by atoms with Crippen molar-refractivity contribution in [1.29, 1.82) is 5.26 Å². The van der Waals surface area contributed by atoms with Crippen LogP contribution < -0.4 is 5.32 Å². The summed E-state index contributed by atoms with van der Waals surface area (Å²) in [5, 5.41) is 19.6. The number of nitrogens with zero attached hydrogens (tertiary/aromatic N) is 1. The maximum absolute atomic E-state index is 11.4.